The largest absolute Gasteiger partial charge is 0.264 e. The Balaban J connectivity index is 2.15. The minimum absolute atomic E-state index is 0.730. The maximum absolute atomic E-state index is 4.00. The van der Waals surface area contributed by atoms with Gasteiger partial charge in [-0.3, -0.25) is 4.98 Å². The first-order valence-electron chi connectivity index (χ1n) is 3.68. The molecule has 60 valence electrons. The van der Waals surface area contributed by atoms with Crippen LogP contribution in [0.2, 0.25) is 0 Å². The summed E-state index contributed by atoms with van der Waals surface area (Å²) in [5.74, 6) is 0. The van der Waals surface area contributed by atoms with Crippen molar-refractivity contribution in [3.05, 3.63) is 42.5 Å². The number of nitrogens with zero attached hydrogens (tertiary/aromatic N) is 4. The van der Waals surface area contributed by atoms with E-state index < -0.39 is 0 Å². The van der Waals surface area contributed by atoms with Crippen LogP contribution in [0.15, 0.2) is 36.9 Å². The molecule has 2 aromatic rings. The zero-order valence-corrected chi connectivity index (χ0v) is 6.46. The van der Waals surface area contributed by atoms with Crippen molar-refractivity contribution in [2.75, 3.05) is 0 Å². The van der Waals surface area contributed by atoms with E-state index in [4.69, 9.17) is 0 Å². The molecule has 4 nitrogen and oxygen atoms in total. The lowest BCUT2D eigenvalue weighted by atomic mass is 10.3. The first kappa shape index (κ1) is 6.97. The second-order valence-electron chi connectivity index (χ2n) is 2.46. The number of rotatable bonds is 2. The van der Waals surface area contributed by atoms with E-state index in [-0.39, 0.29) is 0 Å². The maximum atomic E-state index is 4.00. The molecule has 0 amide bonds. The molecule has 0 saturated heterocycles. The van der Waals surface area contributed by atoms with Crippen LogP contribution in [0.3, 0.4) is 0 Å². The molecule has 0 spiro atoms. The van der Waals surface area contributed by atoms with E-state index in [0.29, 0.717) is 0 Å². The average molecular weight is 160 g/mol. The van der Waals surface area contributed by atoms with Crippen LogP contribution < -0.4 is 0 Å². The Hall–Kier alpha value is -1.71. The Labute approximate surface area is 69.9 Å². The normalized spacial score (nSPS) is 10.0. The fourth-order valence-corrected chi connectivity index (χ4v) is 0.996. The van der Waals surface area contributed by atoms with E-state index in [1.165, 1.54) is 0 Å². The third-order valence-corrected chi connectivity index (χ3v) is 1.54. The van der Waals surface area contributed by atoms with Gasteiger partial charge in [-0.15, -0.1) is 5.10 Å². The molecule has 0 saturated carbocycles. The summed E-state index contributed by atoms with van der Waals surface area (Å²) < 4.78 is 1.76. The number of pyridine rings is 1. The zero-order chi connectivity index (χ0) is 8.23. The van der Waals surface area contributed by atoms with Gasteiger partial charge in [-0.2, -0.15) is 0 Å². The van der Waals surface area contributed by atoms with Crippen molar-refractivity contribution in [1.29, 1.82) is 0 Å². The Morgan fingerprint density at radius 2 is 2.33 bits per heavy atom. The third-order valence-electron chi connectivity index (χ3n) is 1.54. The number of hydrogen-bond acceptors (Lipinski definition) is 3. The summed E-state index contributed by atoms with van der Waals surface area (Å²) >= 11 is 0. The summed E-state index contributed by atoms with van der Waals surface area (Å²) in [5.41, 5.74) is 1.13. The summed E-state index contributed by atoms with van der Waals surface area (Å²) in [7, 11) is 0. The second-order valence-corrected chi connectivity index (χ2v) is 2.46. The van der Waals surface area contributed by atoms with E-state index in [0.717, 1.165) is 12.1 Å². The lowest BCUT2D eigenvalue weighted by molar-refractivity contribution is 0.648. The molecular formula is C8H8N4. The highest BCUT2D eigenvalue weighted by molar-refractivity contribution is 5.08. The van der Waals surface area contributed by atoms with Crippen molar-refractivity contribution in [1.82, 2.24) is 20.0 Å². The molecule has 0 aromatic carbocycles. The lowest BCUT2D eigenvalue weighted by Gasteiger charge is -1.97. The molecule has 0 aliphatic carbocycles. The van der Waals surface area contributed by atoms with Crippen LogP contribution in [0.5, 0.6) is 0 Å². The summed E-state index contributed by atoms with van der Waals surface area (Å²) in [6.45, 7) is 0.730. The molecular weight excluding hydrogens is 152 g/mol. The van der Waals surface area contributed by atoms with Crippen LogP contribution in [-0.4, -0.2) is 20.0 Å². The minimum Gasteiger partial charge on any atom is -0.264 e. The van der Waals surface area contributed by atoms with Gasteiger partial charge < -0.3 is 0 Å². The average Bonchev–Trinajstić information content (AvgIpc) is 2.59. The fraction of sp³-hybridized carbons (Fsp3) is 0.125. The molecule has 0 atom stereocenters. The first-order valence-corrected chi connectivity index (χ1v) is 3.68. The van der Waals surface area contributed by atoms with Gasteiger partial charge in [0.15, 0.2) is 0 Å². The number of aromatic nitrogens is 4. The standard InChI is InChI=1S/C8H8N4/c1-2-8(6-9-3-1)7-12-5-4-10-11-12/h1-6H,7H2. The number of hydrogen-bond donors (Lipinski definition) is 0. The van der Waals surface area contributed by atoms with Crippen LogP contribution in [0.25, 0.3) is 0 Å². The quantitative estimate of drug-likeness (QED) is 0.650. The van der Waals surface area contributed by atoms with Gasteiger partial charge in [-0.25, -0.2) is 4.68 Å². The van der Waals surface area contributed by atoms with Crippen molar-refractivity contribution in [2.24, 2.45) is 0 Å². The topological polar surface area (TPSA) is 43.6 Å². The molecule has 0 fully saturated rings. The van der Waals surface area contributed by atoms with Crippen LogP contribution >= 0.6 is 0 Å². The van der Waals surface area contributed by atoms with E-state index in [2.05, 4.69) is 15.3 Å². The molecule has 0 radical (unpaired) electrons. The Morgan fingerprint density at radius 1 is 1.33 bits per heavy atom. The highest BCUT2D eigenvalue weighted by Gasteiger charge is 1.93. The van der Waals surface area contributed by atoms with Crippen LogP contribution in [-0.2, 0) is 6.54 Å². The van der Waals surface area contributed by atoms with Crippen molar-refractivity contribution >= 4 is 0 Å². The first-order chi connectivity index (χ1) is 5.95. The van der Waals surface area contributed by atoms with Gasteiger partial charge in [0.25, 0.3) is 0 Å². The minimum atomic E-state index is 0.730. The predicted molar refractivity (Wildman–Crippen MR) is 43.4 cm³/mol. The Kier molecular flexibility index (Phi) is 1.82. The van der Waals surface area contributed by atoms with Crippen molar-refractivity contribution in [2.45, 2.75) is 6.54 Å². The molecule has 4 heteroatoms. The fourth-order valence-electron chi connectivity index (χ4n) is 0.996. The Bertz CT molecular complexity index is 327. The van der Waals surface area contributed by atoms with Crippen molar-refractivity contribution in [3.8, 4) is 0 Å². The molecule has 0 aliphatic heterocycles. The highest BCUT2D eigenvalue weighted by atomic mass is 15.4. The van der Waals surface area contributed by atoms with Crippen LogP contribution in [0.4, 0.5) is 0 Å². The predicted octanol–water partition coefficient (Wildman–Crippen LogP) is 0.721. The van der Waals surface area contributed by atoms with E-state index in [9.17, 15) is 0 Å². The molecule has 2 heterocycles. The van der Waals surface area contributed by atoms with E-state index >= 15 is 0 Å². The van der Waals surface area contributed by atoms with Gasteiger partial charge in [0.05, 0.1) is 12.7 Å². The van der Waals surface area contributed by atoms with Crippen LogP contribution in [0.1, 0.15) is 5.56 Å². The third kappa shape index (κ3) is 1.47. The van der Waals surface area contributed by atoms with Crippen molar-refractivity contribution in [3.63, 3.8) is 0 Å². The van der Waals surface area contributed by atoms with Gasteiger partial charge in [-0.05, 0) is 11.6 Å². The molecule has 2 rings (SSSR count). The smallest absolute Gasteiger partial charge is 0.0693 e. The van der Waals surface area contributed by atoms with E-state index in [1.54, 1.807) is 17.1 Å². The van der Waals surface area contributed by atoms with E-state index in [1.807, 2.05) is 24.5 Å². The van der Waals surface area contributed by atoms with Gasteiger partial charge in [0.1, 0.15) is 0 Å². The Morgan fingerprint density at radius 3 is 3.00 bits per heavy atom. The van der Waals surface area contributed by atoms with Crippen LogP contribution in [0, 0.1) is 0 Å². The molecule has 0 unspecified atom stereocenters. The van der Waals surface area contributed by atoms with Gasteiger partial charge in [0, 0.05) is 18.6 Å². The van der Waals surface area contributed by atoms with Gasteiger partial charge in [-0.1, -0.05) is 11.3 Å². The summed E-state index contributed by atoms with van der Waals surface area (Å²) in [5, 5.41) is 7.56. The molecule has 0 aliphatic rings. The molecule has 2 aromatic heterocycles. The lowest BCUT2D eigenvalue weighted by Crippen LogP contribution is -2.00. The van der Waals surface area contributed by atoms with Gasteiger partial charge in [0.2, 0.25) is 0 Å². The highest BCUT2D eigenvalue weighted by Crippen LogP contribution is 1.97. The SMILES string of the molecule is c1cncc(Cn2ccnn2)c1. The zero-order valence-electron chi connectivity index (χ0n) is 6.46. The summed E-state index contributed by atoms with van der Waals surface area (Å²) in [6.07, 6.45) is 7.07. The van der Waals surface area contributed by atoms with Gasteiger partial charge >= 0.3 is 0 Å². The monoisotopic (exact) mass is 160 g/mol. The summed E-state index contributed by atoms with van der Waals surface area (Å²) in [4.78, 5) is 4.00. The molecule has 0 N–H and O–H groups in total. The van der Waals surface area contributed by atoms with Crippen molar-refractivity contribution < 1.29 is 0 Å². The molecule has 0 bridgehead atoms. The maximum Gasteiger partial charge on any atom is 0.0693 e. The second kappa shape index (κ2) is 3.13. The summed E-state index contributed by atoms with van der Waals surface area (Å²) in [6, 6.07) is 3.92. The molecule has 12 heavy (non-hydrogen) atoms.